The molecule has 0 bridgehead atoms. The van der Waals surface area contributed by atoms with Crippen molar-refractivity contribution in [3.05, 3.63) is 42.0 Å². The van der Waals surface area contributed by atoms with Crippen LogP contribution in [0.4, 0.5) is 0 Å². The minimum Gasteiger partial charge on any atom is -0.467 e. The highest BCUT2D eigenvalue weighted by atomic mass is 16.7. The van der Waals surface area contributed by atoms with Gasteiger partial charge in [-0.15, -0.1) is 0 Å². The van der Waals surface area contributed by atoms with Crippen molar-refractivity contribution < 1.29 is 23.8 Å². The molecule has 0 saturated heterocycles. The van der Waals surface area contributed by atoms with E-state index in [1.807, 2.05) is 0 Å². The molecule has 1 unspecified atom stereocenters. The van der Waals surface area contributed by atoms with Crippen LogP contribution >= 0.6 is 0 Å². The fourth-order valence-electron chi connectivity index (χ4n) is 2.26. The highest BCUT2D eigenvalue weighted by molar-refractivity contribution is 5.92. The van der Waals surface area contributed by atoms with E-state index in [9.17, 15) is 9.59 Å². The van der Waals surface area contributed by atoms with E-state index in [0.29, 0.717) is 30.6 Å². The summed E-state index contributed by atoms with van der Waals surface area (Å²) < 4.78 is 15.8. The number of esters is 1. The summed E-state index contributed by atoms with van der Waals surface area (Å²) in [5, 5.41) is 0. The summed E-state index contributed by atoms with van der Waals surface area (Å²) in [5.41, 5.74) is 0.377. The Bertz CT molecular complexity index is 550. The van der Waals surface area contributed by atoms with Crippen LogP contribution in [-0.2, 0) is 14.3 Å². The van der Waals surface area contributed by atoms with Gasteiger partial charge in [0.05, 0.1) is 0 Å². The van der Waals surface area contributed by atoms with E-state index >= 15 is 0 Å². The maximum atomic E-state index is 12.3. The SMILES string of the molecule is COCOc1ccccc1C(=O)OC1CC=CC(=O)CCC1. The molecule has 0 spiro atoms. The number of hydrogen-bond acceptors (Lipinski definition) is 5. The van der Waals surface area contributed by atoms with Crippen molar-refractivity contribution in [3.63, 3.8) is 0 Å². The maximum absolute atomic E-state index is 12.3. The Kier molecular flexibility index (Phi) is 6.15. The van der Waals surface area contributed by atoms with E-state index in [-0.39, 0.29) is 18.7 Å². The van der Waals surface area contributed by atoms with Gasteiger partial charge in [0, 0.05) is 20.0 Å². The molecule has 0 saturated carbocycles. The number of para-hydroxylation sites is 1. The molecule has 0 aliphatic heterocycles. The number of methoxy groups -OCH3 is 1. The highest BCUT2D eigenvalue weighted by Crippen LogP contribution is 2.22. The fourth-order valence-corrected chi connectivity index (χ4v) is 2.26. The quantitative estimate of drug-likeness (QED) is 0.618. The Morgan fingerprint density at radius 3 is 2.95 bits per heavy atom. The second-order valence-corrected chi connectivity index (χ2v) is 5.07. The van der Waals surface area contributed by atoms with Gasteiger partial charge < -0.3 is 14.2 Å². The molecular weight excluding hydrogens is 284 g/mol. The topological polar surface area (TPSA) is 61.8 Å². The van der Waals surface area contributed by atoms with Gasteiger partial charge in [0.25, 0.3) is 0 Å². The molecule has 1 aliphatic rings. The summed E-state index contributed by atoms with van der Waals surface area (Å²) in [5.74, 6) is 0.144. The largest absolute Gasteiger partial charge is 0.467 e. The average molecular weight is 304 g/mol. The van der Waals surface area contributed by atoms with Crippen LogP contribution in [0, 0.1) is 0 Å². The number of hydrogen-bond donors (Lipinski definition) is 0. The van der Waals surface area contributed by atoms with Crippen molar-refractivity contribution in [2.24, 2.45) is 0 Å². The van der Waals surface area contributed by atoms with Crippen LogP contribution in [0.5, 0.6) is 5.75 Å². The maximum Gasteiger partial charge on any atom is 0.342 e. The number of carbonyl (C=O) groups is 2. The second-order valence-electron chi connectivity index (χ2n) is 5.07. The minimum atomic E-state index is -0.419. The van der Waals surface area contributed by atoms with Gasteiger partial charge in [-0.3, -0.25) is 4.79 Å². The predicted molar refractivity (Wildman–Crippen MR) is 80.8 cm³/mol. The molecule has 0 radical (unpaired) electrons. The van der Waals surface area contributed by atoms with E-state index in [1.54, 1.807) is 36.4 Å². The number of ketones is 1. The molecule has 5 nitrogen and oxygen atoms in total. The molecule has 0 heterocycles. The third-order valence-corrected chi connectivity index (χ3v) is 3.36. The van der Waals surface area contributed by atoms with Crippen LogP contribution in [0.2, 0.25) is 0 Å². The van der Waals surface area contributed by atoms with Crippen molar-refractivity contribution in [1.29, 1.82) is 0 Å². The zero-order valence-electron chi connectivity index (χ0n) is 12.6. The smallest absolute Gasteiger partial charge is 0.342 e. The van der Waals surface area contributed by atoms with Crippen molar-refractivity contribution in [1.82, 2.24) is 0 Å². The summed E-state index contributed by atoms with van der Waals surface area (Å²) in [4.78, 5) is 23.6. The van der Waals surface area contributed by atoms with Crippen LogP contribution in [-0.4, -0.2) is 31.8 Å². The first-order chi connectivity index (χ1) is 10.7. The Morgan fingerprint density at radius 1 is 1.32 bits per heavy atom. The van der Waals surface area contributed by atoms with E-state index in [0.717, 1.165) is 6.42 Å². The molecule has 1 aromatic rings. The predicted octanol–water partition coefficient (Wildman–Crippen LogP) is 2.89. The van der Waals surface area contributed by atoms with E-state index in [2.05, 4.69) is 0 Å². The zero-order chi connectivity index (χ0) is 15.8. The van der Waals surface area contributed by atoms with Gasteiger partial charge in [0.15, 0.2) is 12.6 Å². The molecular formula is C17H20O5. The van der Waals surface area contributed by atoms with Gasteiger partial charge in [-0.2, -0.15) is 0 Å². The van der Waals surface area contributed by atoms with Crippen LogP contribution in [0.25, 0.3) is 0 Å². The van der Waals surface area contributed by atoms with Crippen molar-refractivity contribution >= 4 is 11.8 Å². The first-order valence-electron chi connectivity index (χ1n) is 7.32. The lowest BCUT2D eigenvalue weighted by molar-refractivity contribution is -0.114. The van der Waals surface area contributed by atoms with Crippen LogP contribution in [0.1, 0.15) is 36.0 Å². The lowest BCUT2D eigenvalue weighted by Gasteiger charge is -2.18. The summed E-state index contributed by atoms with van der Waals surface area (Å²) in [7, 11) is 1.52. The molecule has 0 amide bonds. The Hall–Kier alpha value is -2.14. The average Bonchev–Trinajstić information content (AvgIpc) is 2.50. The summed E-state index contributed by atoms with van der Waals surface area (Å²) in [6, 6.07) is 6.90. The molecule has 2 rings (SSSR count). The first-order valence-corrected chi connectivity index (χ1v) is 7.32. The number of benzene rings is 1. The Labute approximate surface area is 129 Å². The van der Waals surface area contributed by atoms with E-state index < -0.39 is 5.97 Å². The number of ether oxygens (including phenoxy) is 3. The normalized spacial score (nSPS) is 18.4. The van der Waals surface area contributed by atoms with Crippen molar-refractivity contribution in [3.8, 4) is 5.75 Å². The van der Waals surface area contributed by atoms with Crippen molar-refractivity contribution in [2.75, 3.05) is 13.9 Å². The molecule has 0 aromatic heterocycles. The summed E-state index contributed by atoms with van der Waals surface area (Å²) >= 11 is 0. The number of carbonyl (C=O) groups excluding carboxylic acids is 2. The molecule has 1 aliphatic carbocycles. The van der Waals surface area contributed by atoms with Gasteiger partial charge in [-0.25, -0.2) is 4.79 Å². The third-order valence-electron chi connectivity index (χ3n) is 3.36. The summed E-state index contributed by atoms with van der Waals surface area (Å²) in [6.07, 6.45) is 5.58. The van der Waals surface area contributed by atoms with E-state index in [1.165, 1.54) is 7.11 Å². The number of allylic oxidation sites excluding steroid dienone is 1. The molecule has 22 heavy (non-hydrogen) atoms. The lowest BCUT2D eigenvalue weighted by Crippen LogP contribution is -2.20. The van der Waals surface area contributed by atoms with Crippen LogP contribution in [0.3, 0.4) is 0 Å². The molecule has 1 aromatic carbocycles. The summed E-state index contributed by atoms with van der Waals surface area (Å²) in [6.45, 7) is 0.0680. The van der Waals surface area contributed by atoms with Gasteiger partial charge in [-0.05, 0) is 31.1 Å². The highest BCUT2D eigenvalue weighted by Gasteiger charge is 2.19. The molecule has 1 atom stereocenters. The van der Waals surface area contributed by atoms with Gasteiger partial charge in [0.1, 0.15) is 17.4 Å². The van der Waals surface area contributed by atoms with Crippen LogP contribution in [0.15, 0.2) is 36.4 Å². The zero-order valence-corrected chi connectivity index (χ0v) is 12.6. The fraction of sp³-hybridized carbons (Fsp3) is 0.412. The molecule has 5 heteroatoms. The van der Waals surface area contributed by atoms with Crippen LogP contribution < -0.4 is 4.74 Å². The second kappa shape index (κ2) is 8.34. The van der Waals surface area contributed by atoms with Gasteiger partial charge in [0.2, 0.25) is 0 Å². The minimum absolute atomic E-state index is 0.0680. The standard InChI is InChI=1S/C17H20O5/c1-20-12-21-16-11-3-2-10-15(16)17(19)22-14-8-4-6-13(18)7-5-9-14/h2-4,6,10-11,14H,5,7-9,12H2,1H3. The molecule has 0 N–H and O–H groups in total. The Morgan fingerprint density at radius 2 is 2.14 bits per heavy atom. The molecule has 0 fully saturated rings. The van der Waals surface area contributed by atoms with Crippen molar-refractivity contribution in [2.45, 2.75) is 31.8 Å². The van der Waals surface area contributed by atoms with E-state index in [4.69, 9.17) is 14.2 Å². The van der Waals surface area contributed by atoms with Gasteiger partial charge in [-0.1, -0.05) is 18.2 Å². The first kappa shape index (κ1) is 16.2. The monoisotopic (exact) mass is 304 g/mol. The Balaban J connectivity index is 2.02. The molecule has 118 valence electrons. The number of rotatable bonds is 5. The van der Waals surface area contributed by atoms with Gasteiger partial charge >= 0.3 is 5.97 Å². The third kappa shape index (κ3) is 4.70. The lowest BCUT2D eigenvalue weighted by atomic mass is 10.0.